The molecule has 1 N–H and O–H groups in total. The van der Waals surface area contributed by atoms with E-state index in [4.69, 9.17) is 0 Å². The Labute approximate surface area is 131 Å². The zero-order valence-corrected chi connectivity index (χ0v) is 13.5. The number of thioether (sulfide) groups is 1. The summed E-state index contributed by atoms with van der Waals surface area (Å²) in [5.41, 5.74) is 3.09. The maximum absolute atomic E-state index is 12.3. The largest absolute Gasteiger partial charge is 0.345 e. The molecule has 1 atom stereocenters. The van der Waals surface area contributed by atoms with Crippen LogP contribution in [0.1, 0.15) is 40.9 Å². The smallest absolute Gasteiger partial charge is 0.251 e. The maximum Gasteiger partial charge on any atom is 0.251 e. The number of aryl methyl sites for hydroxylation is 1. The van der Waals surface area contributed by atoms with Crippen LogP contribution < -0.4 is 5.32 Å². The summed E-state index contributed by atoms with van der Waals surface area (Å²) in [4.78, 5) is 13.5. The molecule has 1 amide bonds. The van der Waals surface area contributed by atoms with Crippen molar-refractivity contribution in [2.24, 2.45) is 0 Å². The Balaban J connectivity index is 2.10. The summed E-state index contributed by atoms with van der Waals surface area (Å²) in [7, 11) is 0. The molecular weight excluding hydrogens is 278 g/mol. The minimum Gasteiger partial charge on any atom is -0.345 e. The van der Waals surface area contributed by atoms with Crippen LogP contribution in [0.15, 0.2) is 53.4 Å². The van der Waals surface area contributed by atoms with E-state index in [9.17, 15) is 4.79 Å². The first-order chi connectivity index (χ1) is 10.1. The lowest BCUT2D eigenvalue weighted by atomic mass is 10.0. The van der Waals surface area contributed by atoms with Crippen molar-refractivity contribution in [3.8, 4) is 0 Å². The number of rotatable bonds is 5. The van der Waals surface area contributed by atoms with Gasteiger partial charge in [0.25, 0.3) is 5.91 Å². The molecule has 0 saturated heterocycles. The summed E-state index contributed by atoms with van der Waals surface area (Å²) in [5, 5.41) is 3.11. The van der Waals surface area contributed by atoms with Gasteiger partial charge in [0, 0.05) is 10.5 Å². The van der Waals surface area contributed by atoms with Gasteiger partial charge in [0.05, 0.1) is 6.04 Å². The van der Waals surface area contributed by atoms with Crippen LogP contribution in [0.2, 0.25) is 0 Å². The Morgan fingerprint density at radius 2 is 1.71 bits per heavy atom. The zero-order valence-electron chi connectivity index (χ0n) is 12.7. The first kappa shape index (κ1) is 15.6. The van der Waals surface area contributed by atoms with Gasteiger partial charge in [-0.25, -0.2) is 0 Å². The lowest BCUT2D eigenvalue weighted by Crippen LogP contribution is -2.28. The number of carbonyl (C=O) groups excluding carboxylic acids is 1. The fourth-order valence-corrected chi connectivity index (χ4v) is 2.61. The predicted octanol–water partition coefficient (Wildman–Crippen LogP) is 4.60. The second-order valence-corrected chi connectivity index (χ2v) is 5.95. The van der Waals surface area contributed by atoms with Gasteiger partial charge >= 0.3 is 0 Å². The lowest BCUT2D eigenvalue weighted by Gasteiger charge is -2.18. The first-order valence-electron chi connectivity index (χ1n) is 7.15. The van der Waals surface area contributed by atoms with E-state index in [0.717, 1.165) is 16.9 Å². The molecule has 110 valence electrons. The van der Waals surface area contributed by atoms with E-state index in [1.807, 2.05) is 30.5 Å². The molecule has 0 aliphatic rings. The maximum atomic E-state index is 12.3. The van der Waals surface area contributed by atoms with E-state index >= 15 is 0 Å². The molecule has 2 aromatic carbocycles. The molecule has 0 radical (unpaired) electrons. The van der Waals surface area contributed by atoms with Crippen molar-refractivity contribution in [3.05, 3.63) is 65.2 Å². The van der Waals surface area contributed by atoms with E-state index in [-0.39, 0.29) is 11.9 Å². The zero-order chi connectivity index (χ0) is 15.2. The van der Waals surface area contributed by atoms with Crippen molar-refractivity contribution < 1.29 is 4.79 Å². The van der Waals surface area contributed by atoms with Crippen molar-refractivity contribution in [1.29, 1.82) is 0 Å². The van der Waals surface area contributed by atoms with E-state index in [0.29, 0.717) is 5.56 Å². The van der Waals surface area contributed by atoms with Crippen LogP contribution in [0.4, 0.5) is 0 Å². The second-order valence-electron chi connectivity index (χ2n) is 5.07. The van der Waals surface area contributed by atoms with Gasteiger partial charge in [-0.3, -0.25) is 4.79 Å². The topological polar surface area (TPSA) is 29.1 Å². The van der Waals surface area contributed by atoms with Gasteiger partial charge in [-0.1, -0.05) is 36.8 Å². The fraction of sp³-hybridized carbons (Fsp3) is 0.278. The van der Waals surface area contributed by atoms with Crippen LogP contribution in [0, 0.1) is 6.92 Å². The molecule has 21 heavy (non-hydrogen) atoms. The average molecular weight is 299 g/mol. The Bertz CT molecular complexity index is 590. The van der Waals surface area contributed by atoms with Gasteiger partial charge in [0.15, 0.2) is 0 Å². The highest BCUT2D eigenvalue weighted by atomic mass is 32.2. The third-order valence-corrected chi connectivity index (χ3v) is 4.29. The SMILES string of the molecule is CC[C@@H](NC(=O)c1ccc(SC)cc1)c1ccc(C)cc1. The summed E-state index contributed by atoms with van der Waals surface area (Å²) in [6.45, 7) is 4.15. The molecule has 2 rings (SSSR count). The van der Waals surface area contributed by atoms with Gasteiger partial charge in [0.2, 0.25) is 0 Å². The van der Waals surface area contributed by atoms with Crippen molar-refractivity contribution in [1.82, 2.24) is 5.32 Å². The summed E-state index contributed by atoms with van der Waals surface area (Å²) in [6, 6.07) is 16.1. The number of nitrogens with one attached hydrogen (secondary N) is 1. The molecule has 2 aromatic rings. The van der Waals surface area contributed by atoms with Crippen LogP contribution in [-0.2, 0) is 0 Å². The molecule has 0 saturated carbocycles. The van der Waals surface area contributed by atoms with Crippen LogP contribution in [0.25, 0.3) is 0 Å². The van der Waals surface area contributed by atoms with Crippen molar-refractivity contribution in [3.63, 3.8) is 0 Å². The highest BCUT2D eigenvalue weighted by Gasteiger charge is 2.13. The molecule has 0 aliphatic carbocycles. The second kappa shape index (κ2) is 7.32. The number of hydrogen-bond donors (Lipinski definition) is 1. The Morgan fingerprint density at radius 3 is 2.24 bits per heavy atom. The molecule has 3 heteroatoms. The third kappa shape index (κ3) is 4.11. The summed E-state index contributed by atoms with van der Waals surface area (Å²) >= 11 is 1.67. The molecule has 0 spiro atoms. The molecule has 0 aromatic heterocycles. The van der Waals surface area contributed by atoms with Crippen molar-refractivity contribution in [2.45, 2.75) is 31.2 Å². The fourth-order valence-electron chi connectivity index (χ4n) is 2.20. The Kier molecular flexibility index (Phi) is 5.45. The predicted molar refractivity (Wildman–Crippen MR) is 89.9 cm³/mol. The van der Waals surface area contributed by atoms with E-state index in [1.54, 1.807) is 11.8 Å². The van der Waals surface area contributed by atoms with E-state index in [2.05, 4.69) is 43.4 Å². The number of amides is 1. The van der Waals surface area contributed by atoms with Crippen LogP contribution in [0.3, 0.4) is 0 Å². The summed E-state index contributed by atoms with van der Waals surface area (Å²) in [5.74, 6) is -0.0184. The van der Waals surface area contributed by atoms with Gasteiger partial charge in [-0.15, -0.1) is 11.8 Å². The monoisotopic (exact) mass is 299 g/mol. The first-order valence-corrected chi connectivity index (χ1v) is 8.38. The minimum atomic E-state index is -0.0184. The van der Waals surface area contributed by atoms with Gasteiger partial charge in [-0.2, -0.15) is 0 Å². The molecule has 0 unspecified atom stereocenters. The van der Waals surface area contributed by atoms with Crippen LogP contribution in [-0.4, -0.2) is 12.2 Å². The number of benzene rings is 2. The number of hydrogen-bond acceptors (Lipinski definition) is 2. The molecule has 0 fully saturated rings. The Morgan fingerprint density at radius 1 is 1.10 bits per heavy atom. The number of carbonyl (C=O) groups is 1. The molecule has 2 nitrogen and oxygen atoms in total. The van der Waals surface area contributed by atoms with E-state index < -0.39 is 0 Å². The third-order valence-electron chi connectivity index (χ3n) is 3.55. The van der Waals surface area contributed by atoms with Gasteiger partial charge in [-0.05, 0) is 49.4 Å². The highest BCUT2D eigenvalue weighted by Crippen LogP contribution is 2.19. The lowest BCUT2D eigenvalue weighted by molar-refractivity contribution is 0.0935. The minimum absolute atomic E-state index is 0.0184. The molecule has 0 bridgehead atoms. The normalized spacial score (nSPS) is 12.0. The van der Waals surface area contributed by atoms with Gasteiger partial charge in [0.1, 0.15) is 0 Å². The van der Waals surface area contributed by atoms with Crippen molar-refractivity contribution in [2.75, 3.05) is 6.26 Å². The van der Waals surface area contributed by atoms with Gasteiger partial charge < -0.3 is 5.32 Å². The van der Waals surface area contributed by atoms with E-state index in [1.165, 1.54) is 5.56 Å². The average Bonchev–Trinajstić information content (AvgIpc) is 2.53. The molecular formula is C18H21NOS. The highest BCUT2D eigenvalue weighted by molar-refractivity contribution is 7.98. The quantitative estimate of drug-likeness (QED) is 0.818. The van der Waals surface area contributed by atoms with Crippen molar-refractivity contribution >= 4 is 17.7 Å². The summed E-state index contributed by atoms with van der Waals surface area (Å²) in [6.07, 6.45) is 2.90. The standard InChI is InChI=1S/C18H21NOS/c1-4-17(14-7-5-13(2)6-8-14)19-18(20)15-9-11-16(21-3)12-10-15/h5-12,17H,4H2,1-3H3,(H,19,20)/t17-/m1/s1. The Hall–Kier alpha value is -1.74. The van der Waals surface area contributed by atoms with Crippen LogP contribution >= 0.6 is 11.8 Å². The van der Waals surface area contributed by atoms with Crippen LogP contribution in [0.5, 0.6) is 0 Å². The summed E-state index contributed by atoms with van der Waals surface area (Å²) < 4.78 is 0. The molecule has 0 heterocycles. The molecule has 0 aliphatic heterocycles.